The fourth-order valence-electron chi connectivity index (χ4n) is 4.43. The van der Waals surface area contributed by atoms with Crippen LogP contribution in [0.2, 0.25) is 0 Å². The molecular formula is C26H29N5O5. The van der Waals surface area contributed by atoms with Gasteiger partial charge in [0.05, 0.1) is 0 Å². The molecular weight excluding hydrogens is 462 g/mol. The molecule has 0 radical (unpaired) electrons. The number of aromatic nitrogens is 1. The largest absolute Gasteiger partial charge is 0.454 e. The number of hydrogen-bond donors (Lipinski definition) is 3. The lowest BCUT2D eigenvalue weighted by Crippen LogP contribution is -2.57. The van der Waals surface area contributed by atoms with E-state index in [0.717, 1.165) is 10.9 Å². The number of ether oxygens (including phenoxy) is 2. The first-order chi connectivity index (χ1) is 17.4. The molecule has 2 aromatic carbocycles. The van der Waals surface area contributed by atoms with E-state index in [0.29, 0.717) is 49.1 Å². The maximum absolute atomic E-state index is 13.0. The lowest BCUT2D eigenvalue weighted by atomic mass is 10.0. The lowest BCUT2D eigenvalue weighted by Gasteiger charge is -2.35. The number of fused-ring (bicyclic) bond motifs is 2. The van der Waals surface area contributed by atoms with Crippen LogP contribution >= 0.6 is 0 Å². The van der Waals surface area contributed by atoms with Crippen molar-refractivity contribution in [2.24, 2.45) is 5.92 Å². The minimum atomic E-state index is -0.728. The Morgan fingerprint density at radius 1 is 0.917 bits per heavy atom. The Kier molecular flexibility index (Phi) is 6.41. The molecule has 10 heteroatoms. The maximum Gasteiger partial charge on any atom is 0.318 e. The van der Waals surface area contributed by atoms with Crippen molar-refractivity contribution >= 4 is 34.4 Å². The van der Waals surface area contributed by atoms with Crippen molar-refractivity contribution in [2.75, 3.05) is 38.3 Å². The van der Waals surface area contributed by atoms with Gasteiger partial charge in [0.2, 0.25) is 12.7 Å². The van der Waals surface area contributed by atoms with E-state index in [-0.39, 0.29) is 30.6 Å². The molecule has 0 saturated carbocycles. The number of nitrogens with zero attached hydrogens (tertiary/aromatic N) is 2. The minimum Gasteiger partial charge on any atom is -0.454 e. The average molecular weight is 492 g/mol. The smallest absolute Gasteiger partial charge is 0.318 e. The Balaban J connectivity index is 1.16. The van der Waals surface area contributed by atoms with Gasteiger partial charge in [0, 0.05) is 48.8 Å². The van der Waals surface area contributed by atoms with E-state index in [1.54, 1.807) is 28.0 Å². The number of carbonyl (C=O) groups is 3. The highest BCUT2D eigenvalue weighted by Gasteiger charge is 2.30. The number of aromatic amines is 1. The molecule has 188 valence electrons. The second kappa shape index (κ2) is 9.80. The minimum absolute atomic E-state index is 0.0885. The van der Waals surface area contributed by atoms with Gasteiger partial charge in [-0.05, 0) is 30.2 Å². The van der Waals surface area contributed by atoms with Crippen molar-refractivity contribution < 1.29 is 23.9 Å². The van der Waals surface area contributed by atoms with Gasteiger partial charge in [-0.3, -0.25) is 9.59 Å². The molecule has 3 N–H and O–H groups in total. The Hall–Kier alpha value is -4.21. The van der Waals surface area contributed by atoms with Gasteiger partial charge < -0.3 is 34.9 Å². The van der Waals surface area contributed by atoms with Gasteiger partial charge in [0.15, 0.2) is 11.5 Å². The molecule has 36 heavy (non-hydrogen) atoms. The third-order valence-corrected chi connectivity index (χ3v) is 6.48. The van der Waals surface area contributed by atoms with Crippen molar-refractivity contribution in [2.45, 2.75) is 19.9 Å². The van der Waals surface area contributed by atoms with Crippen LogP contribution in [0.3, 0.4) is 0 Å². The zero-order valence-electron chi connectivity index (χ0n) is 20.2. The van der Waals surface area contributed by atoms with Crippen molar-refractivity contribution in [3.63, 3.8) is 0 Å². The van der Waals surface area contributed by atoms with E-state index in [2.05, 4.69) is 15.6 Å². The Morgan fingerprint density at radius 2 is 1.64 bits per heavy atom. The summed E-state index contributed by atoms with van der Waals surface area (Å²) in [6.45, 7) is 5.49. The molecule has 3 heterocycles. The summed E-state index contributed by atoms with van der Waals surface area (Å²) in [5, 5.41) is 6.69. The molecule has 1 aromatic heterocycles. The second-order valence-electron chi connectivity index (χ2n) is 9.28. The SMILES string of the molecule is CC(C)[C@H](NC(=O)N1CCN(C(=O)c2cc3ccccc3[nH]2)CC1)C(=O)Nc1ccc2c(c1)OCO2. The van der Waals surface area contributed by atoms with Crippen LogP contribution in [-0.2, 0) is 4.79 Å². The van der Waals surface area contributed by atoms with Gasteiger partial charge in [-0.15, -0.1) is 0 Å². The number of nitrogens with one attached hydrogen (secondary N) is 3. The van der Waals surface area contributed by atoms with Gasteiger partial charge in [-0.1, -0.05) is 32.0 Å². The van der Waals surface area contributed by atoms with E-state index in [9.17, 15) is 14.4 Å². The molecule has 3 aromatic rings. The van der Waals surface area contributed by atoms with Crippen LogP contribution in [0, 0.1) is 5.92 Å². The molecule has 4 amide bonds. The van der Waals surface area contributed by atoms with Gasteiger partial charge in [0.25, 0.3) is 5.91 Å². The number of benzene rings is 2. The van der Waals surface area contributed by atoms with Crippen molar-refractivity contribution in [3.05, 3.63) is 54.2 Å². The van der Waals surface area contributed by atoms with Crippen LogP contribution in [-0.4, -0.2) is 71.6 Å². The highest BCUT2D eigenvalue weighted by Crippen LogP contribution is 2.34. The molecule has 1 saturated heterocycles. The van der Waals surface area contributed by atoms with Crippen LogP contribution in [0.5, 0.6) is 11.5 Å². The first-order valence-electron chi connectivity index (χ1n) is 12.0. The Bertz CT molecular complexity index is 1260. The summed E-state index contributed by atoms with van der Waals surface area (Å²) < 4.78 is 10.7. The van der Waals surface area contributed by atoms with E-state index in [4.69, 9.17) is 9.47 Å². The van der Waals surface area contributed by atoms with E-state index >= 15 is 0 Å². The number of urea groups is 1. The normalized spacial score (nSPS) is 15.8. The molecule has 0 bridgehead atoms. The molecule has 2 aliphatic heterocycles. The molecule has 0 unspecified atom stereocenters. The number of H-pyrrole nitrogens is 1. The van der Waals surface area contributed by atoms with Crippen LogP contribution in [0.15, 0.2) is 48.5 Å². The first-order valence-corrected chi connectivity index (χ1v) is 12.0. The van der Waals surface area contributed by atoms with Crippen molar-refractivity contribution in [1.29, 1.82) is 0 Å². The summed E-state index contributed by atoms with van der Waals surface area (Å²) >= 11 is 0. The summed E-state index contributed by atoms with van der Waals surface area (Å²) in [6, 6.07) is 13.7. The molecule has 1 fully saturated rings. The maximum atomic E-state index is 13.0. The lowest BCUT2D eigenvalue weighted by molar-refractivity contribution is -0.118. The number of hydrogen-bond acceptors (Lipinski definition) is 5. The zero-order chi connectivity index (χ0) is 25.2. The first kappa shape index (κ1) is 23.5. The standard InChI is InChI=1S/C26H29N5O5/c1-16(2)23(24(32)27-18-7-8-21-22(14-18)36-15-35-21)29-26(34)31-11-9-30(10-12-31)25(33)20-13-17-5-3-4-6-19(17)28-20/h3-8,13-14,16,23,28H,9-12,15H2,1-2H3,(H,27,32)(H,29,34)/t23-/m0/s1. The van der Waals surface area contributed by atoms with Gasteiger partial charge >= 0.3 is 6.03 Å². The molecule has 2 aliphatic rings. The fraction of sp³-hybridized carbons (Fsp3) is 0.346. The van der Waals surface area contributed by atoms with Crippen molar-refractivity contribution in [1.82, 2.24) is 20.1 Å². The quantitative estimate of drug-likeness (QED) is 0.507. The number of piperazine rings is 1. The zero-order valence-corrected chi connectivity index (χ0v) is 20.2. The number of rotatable bonds is 5. The third kappa shape index (κ3) is 4.79. The van der Waals surface area contributed by atoms with Gasteiger partial charge in [-0.25, -0.2) is 4.79 Å². The van der Waals surface area contributed by atoms with Crippen LogP contribution in [0.25, 0.3) is 10.9 Å². The molecule has 5 rings (SSSR count). The van der Waals surface area contributed by atoms with E-state index in [1.807, 2.05) is 44.2 Å². The Labute approximate surface area is 208 Å². The number of anilines is 1. The third-order valence-electron chi connectivity index (χ3n) is 6.48. The highest BCUT2D eigenvalue weighted by molar-refractivity contribution is 5.99. The molecule has 0 spiro atoms. The van der Waals surface area contributed by atoms with E-state index in [1.165, 1.54) is 0 Å². The Morgan fingerprint density at radius 3 is 2.39 bits per heavy atom. The van der Waals surface area contributed by atoms with Gasteiger partial charge in [-0.2, -0.15) is 0 Å². The average Bonchev–Trinajstić information content (AvgIpc) is 3.53. The van der Waals surface area contributed by atoms with Crippen LogP contribution in [0.4, 0.5) is 10.5 Å². The monoisotopic (exact) mass is 491 g/mol. The topological polar surface area (TPSA) is 116 Å². The summed E-state index contributed by atoms with van der Waals surface area (Å²) in [7, 11) is 0. The summed E-state index contributed by atoms with van der Waals surface area (Å²) in [4.78, 5) is 45.4. The van der Waals surface area contributed by atoms with Crippen LogP contribution < -0.4 is 20.1 Å². The van der Waals surface area contributed by atoms with E-state index < -0.39 is 6.04 Å². The molecule has 10 nitrogen and oxygen atoms in total. The number of carbonyl (C=O) groups excluding carboxylic acids is 3. The van der Waals surface area contributed by atoms with Crippen LogP contribution in [0.1, 0.15) is 24.3 Å². The summed E-state index contributed by atoms with van der Waals surface area (Å²) in [5.74, 6) is 0.661. The predicted octanol–water partition coefficient (Wildman–Crippen LogP) is 3.03. The molecule has 0 aliphatic carbocycles. The summed E-state index contributed by atoms with van der Waals surface area (Å²) in [6.07, 6.45) is 0. The van der Waals surface area contributed by atoms with Gasteiger partial charge in [0.1, 0.15) is 11.7 Å². The fourth-order valence-corrected chi connectivity index (χ4v) is 4.43. The molecule has 1 atom stereocenters. The summed E-state index contributed by atoms with van der Waals surface area (Å²) in [5.41, 5.74) is 2.01. The number of amides is 4. The number of para-hydroxylation sites is 1. The predicted molar refractivity (Wildman–Crippen MR) is 134 cm³/mol. The second-order valence-corrected chi connectivity index (χ2v) is 9.28. The highest BCUT2D eigenvalue weighted by atomic mass is 16.7. The van der Waals surface area contributed by atoms with Crippen molar-refractivity contribution in [3.8, 4) is 11.5 Å².